The Kier molecular flexibility index (Phi) is 7.39. The molecule has 0 saturated heterocycles. The lowest BCUT2D eigenvalue weighted by Gasteiger charge is -2.07. The van der Waals surface area contributed by atoms with E-state index in [1.807, 2.05) is 18.2 Å². The number of fused-ring (bicyclic) bond motifs is 8. The molecule has 7 aromatic rings. The van der Waals surface area contributed by atoms with E-state index in [-0.39, 0.29) is 0 Å². The Labute approximate surface area is 307 Å². The van der Waals surface area contributed by atoms with Crippen LogP contribution in [0.3, 0.4) is 0 Å². The highest BCUT2D eigenvalue weighted by atomic mass is 14.8. The van der Waals surface area contributed by atoms with Crippen molar-refractivity contribution in [3.63, 3.8) is 0 Å². The van der Waals surface area contributed by atoms with Gasteiger partial charge in [-0.3, -0.25) is 0 Å². The van der Waals surface area contributed by atoms with E-state index >= 15 is 0 Å². The second-order valence-electron chi connectivity index (χ2n) is 13.3. The molecule has 5 heterocycles. The number of hydrogen-bond acceptors (Lipinski definition) is 2. The third kappa shape index (κ3) is 5.70. The van der Waals surface area contributed by atoms with Crippen molar-refractivity contribution in [2.75, 3.05) is 0 Å². The van der Waals surface area contributed by atoms with E-state index < -0.39 is 0 Å². The topological polar surface area (TPSA) is 57.4 Å². The fraction of sp³-hybridized carbons (Fsp3) is 0. The highest BCUT2D eigenvalue weighted by Crippen LogP contribution is 2.37. The van der Waals surface area contributed by atoms with Gasteiger partial charge in [0.15, 0.2) is 0 Å². The molecule has 1 aliphatic carbocycles. The Morgan fingerprint density at radius 3 is 1.38 bits per heavy atom. The summed E-state index contributed by atoms with van der Waals surface area (Å²) >= 11 is 0. The molecule has 248 valence electrons. The minimum Gasteiger partial charge on any atom is -0.355 e. The lowest BCUT2D eigenvalue weighted by molar-refractivity contribution is 1.31. The van der Waals surface area contributed by atoms with Crippen LogP contribution in [0, 0.1) is 0 Å². The monoisotopic (exact) mass is 676 g/mol. The fourth-order valence-corrected chi connectivity index (χ4v) is 7.43. The first-order chi connectivity index (χ1) is 26.2. The number of aromatic amines is 2. The number of hydrogen-bond donors (Lipinski definition) is 2. The molecule has 0 fully saturated rings. The number of H-pyrrole nitrogens is 2. The summed E-state index contributed by atoms with van der Waals surface area (Å²) in [5, 5.41) is 0. The fourth-order valence-electron chi connectivity index (χ4n) is 7.43. The molecule has 0 saturated carbocycles. The van der Waals surface area contributed by atoms with Gasteiger partial charge in [-0.25, -0.2) is 9.97 Å². The van der Waals surface area contributed by atoms with Crippen molar-refractivity contribution in [3.8, 4) is 33.4 Å². The van der Waals surface area contributed by atoms with Crippen LogP contribution in [0.5, 0.6) is 0 Å². The molecule has 2 aliphatic heterocycles. The van der Waals surface area contributed by atoms with E-state index in [0.717, 1.165) is 100 Å². The van der Waals surface area contributed by atoms with Crippen LogP contribution in [-0.4, -0.2) is 19.9 Å². The number of benzene rings is 4. The summed E-state index contributed by atoms with van der Waals surface area (Å²) in [5.41, 5.74) is 22.0. The standard InChI is InChI=1S/C49H32N4/c1-4-10-32(11-5-1)37-20-21-38(30-37)33-16-18-36(19-17-33)49-45-28-26-43(52-45)47(34-12-6-2-7-13-34)41-24-22-39(50-41)31-40-23-25-42(51-40)48(35-14-8-3-9-15-35)44-27-29-46(49)53-44/h1-29,31,50,53H. The van der Waals surface area contributed by atoms with Crippen LogP contribution < -0.4 is 0 Å². The molecule has 3 aromatic heterocycles. The Morgan fingerprint density at radius 2 is 0.792 bits per heavy atom. The van der Waals surface area contributed by atoms with E-state index in [1.165, 1.54) is 0 Å². The Bertz CT molecular complexity index is 2840. The van der Waals surface area contributed by atoms with Crippen LogP contribution in [0.15, 0.2) is 163 Å². The van der Waals surface area contributed by atoms with Crippen molar-refractivity contribution in [2.45, 2.75) is 0 Å². The van der Waals surface area contributed by atoms with Crippen molar-refractivity contribution >= 4 is 57.5 Å². The van der Waals surface area contributed by atoms with Crippen LogP contribution in [0.25, 0.3) is 90.9 Å². The van der Waals surface area contributed by atoms with Gasteiger partial charge in [-0.05, 0) is 94.6 Å². The van der Waals surface area contributed by atoms with Gasteiger partial charge in [0.2, 0.25) is 0 Å². The number of nitrogens with one attached hydrogen (secondary N) is 2. The van der Waals surface area contributed by atoms with Crippen LogP contribution >= 0.6 is 0 Å². The van der Waals surface area contributed by atoms with Gasteiger partial charge in [0.1, 0.15) is 0 Å². The zero-order valence-corrected chi connectivity index (χ0v) is 28.7. The third-order valence-corrected chi connectivity index (χ3v) is 9.96. The van der Waals surface area contributed by atoms with E-state index in [2.05, 4.69) is 180 Å². The molecule has 4 nitrogen and oxygen atoms in total. The summed E-state index contributed by atoms with van der Waals surface area (Å²) in [6, 6.07) is 50.8. The number of nitrogens with zero attached hydrogens (tertiary/aromatic N) is 2. The lowest BCUT2D eigenvalue weighted by atomic mass is 10.00. The Hall–Kier alpha value is -7.26. The van der Waals surface area contributed by atoms with Crippen LogP contribution in [0.4, 0.5) is 0 Å². The lowest BCUT2D eigenvalue weighted by Crippen LogP contribution is -1.89. The van der Waals surface area contributed by atoms with Gasteiger partial charge in [-0.2, -0.15) is 0 Å². The van der Waals surface area contributed by atoms with Crippen molar-refractivity contribution in [3.05, 3.63) is 197 Å². The molecule has 4 aromatic carbocycles. The molecule has 0 unspecified atom stereocenters. The van der Waals surface area contributed by atoms with E-state index in [1.54, 1.807) is 0 Å². The van der Waals surface area contributed by atoms with Crippen molar-refractivity contribution < 1.29 is 0 Å². The Morgan fingerprint density at radius 1 is 0.358 bits per heavy atom. The minimum atomic E-state index is 0.890. The maximum absolute atomic E-state index is 5.38. The van der Waals surface area contributed by atoms with E-state index in [9.17, 15) is 0 Å². The molecule has 4 heteroatoms. The quantitative estimate of drug-likeness (QED) is 0.178. The summed E-state index contributed by atoms with van der Waals surface area (Å²) < 4.78 is 0. The van der Waals surface area contributed by atoms with Crippen molar-refractivity contribution in [1.82, 2.24) is 19.9 Å². The third-order valence-electron chi connectivity index (χ3n) is 9.96. The molecule has 10 rings (SSSR count). The number of aromatic nitrogens is 4. The van der Waals surface area contributed by atoms with Gasteiger partial charge >= 0.3 is 0 Å². The van der Waals surface area contributed by atoms with Crippen LogP contribution in [0.1, 0.15) is 33.9 Å². The highest BCUT2D eigenvalue weighted by molar-refractivity contribution is 5.98. The van der Waals surface area contributed by atoms with Gasteiger partial charge in [0, 0.05) is 49.9 Å². The maximum atomic E-state index is 5.38. The molecule has 0 spiro atoms. The van der Waals surface area contributed by atoms with Gasteiger partial charge < -0.3 is 9.97 Å². The predicted octanol–water partition coefficient (Wildman–Crippen LogP) is 12.3. The molecule has 0 atom stereocenters. The van der Waals surface area contributed by atoms with Gasteiger partial charge in [0.25, 0.3) is 0 Å². The smallest absolute Gasteiger partial charge is 0.0737 e. The summed E-state index contributed by atoms with van der Waals surface area (Å²) in [6.45, 7) is 0. The van der Waals surface area contributed by atoms with Crippen molar-refractivity contribution in [1.29, 1.82) is 0 Å². The first kappa shape index (κ1) is 30.6. The first-order valence-corrected chi connectivity index (χ1v) is 17.8. The zero-order valence-electron chi connectivity index (χ0n) is 28.7. The summed E-state index contributed by atoms with van der Waals surface area (Å²) in [4.78, 5) is 18.0. The largest absolute Gasteiger partial charge is 0.355 e. The number of rotatable bonds is 5. The van der Waals surface area contributed by atoms with Gasteiger partial charge in [0.05, 0.1) is 22.8 Å². The molecule has 3 aliphatic rings. The molecule has 0 amide bonds. The predicted molar refractivity (Wildman–Crippen MR) is 221 cm³/mol. The van der Waals surface area contributed by atoms with E-state index in [0.29, 0.717) is 0 Å². The zero-order chi connectivity index (χ0) is 35.1. The molecule has 8 bridgehead atoms. The highest BCUT2D eigenvalue weighted by Gasteiger charge is 2.17. The average molecular weight is 677 g/mol. The number of allylic oxidation sites excluding steroid dienone is 3. The molecule has 53 heavy (non-hydrogen) atoms. The molecular formula is C49H32N4. The van der Waals surface area contributed by atoms with Crippen molar-refractivity contribution in [2.24, 2.45) is 0 Å². The Balaban J connectivity index is 1.24. The first-order valence-electron chi connectivity index (χ1n) is 17.8. The second-order valence-corrected chi connectivity index (χ2v) is 13.3. The normalized spacial score (nSPS) is 13.0. The van der Waals surface area contributed by atoms with Crippen LogP contribution in [-0.2, 0) is 0 Å². The summed E-state index contributed by atoms with van der Waals surface area (Å²) in [7, 11) is 0. The minimum absolute atomic E-state index is 0.890. The van der Waals surface area contributed by atoms with Gasteiger partial charge in [-0.15, -0.1) is 5.73 Å². The molecule has 0 radical (unpaired) electrons. The average Bonchev–Trinajstić information content (AvgIpc) is 4.07. The van der Waals surface area contributed by atoms with Gasteiger partial charge in [-0.1, -0.05) is 115 Å². The second kappa shape index (κ2) is 12.8. The molecular weight excluding hydrogens is 645 g/mol. The maximum Gasteiger partial charge on any atom is 0.0737 e. The summed E-state index contributed by atoms with van der Waals surface area (Å²) in [5.74, 6) is 0. The van der Waals surface area contributed by atoms with Crippen LogP contribution in [0.2, 0.25) is 0 Å². The summed E-state index contributed by atoms with van der Waals surface area (Å²) in [6.07, 6.45) is 12.7. The molecule has 2 N–H and O–H groups in total. The van der Waals surface area contributed by atoms with E-state index in [4.69, 9.17) is 9.97 Å². The SMILES string of the molecule is C1=C(c2ccccc2)C=CC=1c1ccc(-c2c3nc(c(-c4ccccc4)c4ccc(cc5nc(c(-c6ccccc6)c6ccc2[nH]6)C=C5)[nH]4)C=C3)cc1.